The summed E-state index contributed by atoms with van der Waals surface area (Å²) in [7, 11) is 0. The van der Waals surface area contributed by atoms with E-state index in [-0.39, 0.29) is 6.61 Å². The smallest absolute Gasteiger partial charge is 0.0998 e. The Morgan fingerprint density at radius 1 is 1.12 bits per heavy atom. The first-order valence-electron chi connectivity index (χ1n) is 8.49. The highest BCUT2D eigenvalue weighted by atomic mass is 16.2. The van der Waals surface area contributed by atoms with Gasteiger partial charge in [-0.05, 0) is 55.9 Å². The van der Waals surface area contributed by atoms with Crippen molar-refractivity contribution in [2.24, 2.45) is 0 Å². The van der Waals surface area contributed by atoms with E-state index < -0.39 is 0 Å². The molecule has 0 amide bonds. The van der Waals surface area contributed by atoms with Gasteiger partial charge in [-0.2, -0.15) is 5.26 Å². The molecule has 0 radical (unpaired) electrons. The molecule has 0 bridgehead atoms. The summed E-state index contributed by atoms with van der Waals surface area (Å²) >= 11 is 0. The number of allylic oxidation sites excluding steroid dienone is 2. The zero-order valence-corrected chi connectivity index (χ0v) is 14.8. The maximum absolute atomic E-state index is 9.26. The van der Waals surface area contributed by atoms with Crippen LogP contribution in [0.25, 0.3) is 16.8 Å². The van der Waals surface area contributed by atoms with E-state index in [0.29, 0.717) is 5.56 Å². The molecule has 0 aliphatic heterocycles. The fraction of sp³-hybridized carbons (Fsp3) is 0.273. The largest absolute Gasteiger partial charge is 0.396 e. The Hall–Kier alpha value is -2.70. The third kappa shape index (κ3) is 4.89. The minimum absolute atomic E-state index is 0.203. The maximum atomic E-state index is 9.26. The summed E-state index contributed by atoms with van der Waals surface area (Å²) < 4.78 is 0. The van der Waals surface area contributed by atoms with Crippen LogP contribution in [0.1, 0.15) is 42.5 Å². The average Bonchev–Trinajstić information content (AvgIpc) is 2.64. The van der Waals surface area contributed by atoms with Crippen LogP contribution in [0, 0.1) is 18.3 Å². The molecule has 1 aromatic carbocycles. The van der Waals surface area contributed by atoms with Gasteiger partial charge >= 0.3 is 0 Å². The van der Waals surface area contributed by atoms with Gasteiger partial charge in [-0.25, -0.2) is 0 Å². The number of nitrogens with zero attached hydrogens (tertiary/aromatic N) is 2. The molecule has 0 unspecified atom stereocenters. The molecule has 128 valence electrons. The topological polar surface area (TPSA) is 56.9 Å². The number of aliphatic hydroxyl groups is 1. The molecule has 2 rings (SSSR count). The predicted molar refractivity (Wildman–Crippen MR) is 103 cm³/mol. The average molecular weight is 332 g/mol. The number of hydrogen-bond donors (Lipinski definition) is 1. The fourth-order valence-corrected chi connectivity index (χ4v) is 2.81. The summed E-state index contributed by atoms with van der Waals surface area (Å²) in [5.74, 6) is 0. The van der Waals surface area contributed by atoms with Gasteiger partial charge in [-0.3, -0.25) is 4.98 Å². The lowest BCUT2D eigenvalue weighted by Crippen LogP contribution is -1.96. The van der Waals surface area contributed by atoms with Crippen molar-refractivity contribution in [1.29, 1.82) is 5.26 Å². The van der Waals surface area contributed by atoms with E-state index in [1.165, 1.54) is 0 Å². The molecule has 1 heterocycles. The van der Waals surface area contributed by atoms with Crippen molar-refractivity contribution in [3.8, 4) is 17.3 Å². The van der Waals surface area contributed by atoms with Crippen LogP contribution >= 0.6 is 0 Å². The highest BCUT2D eigenvalue weighted by Crippen LogP contribution is 2.27. The maximum Gasteiger partial charge on any atom is 0.0998 e. The third-order valence-electron chi connectivity index (χ3n) is 4.26. The predicted octanol–water partition coefficient (Wildman–Crippen LogP) is 5.05. The molecule has 2 aromatic rings. The summed E-state index contributed by atoms with van der Waals surface area (Å²) in [6, 6.07) is 13.7. The van der Waals surface area contributed by atoms with Crippen LogP contribution in [0.4, 0.5) is 0 Å². The SMILES string of the molecule is C=C(CCCO)CCC(=C)c1ccc(-c2ccccc2C#N)nc1C. The van der Waals surface area contributed by atoms with Gasteiger partial charge in [0.05, 0.1) is 17.3 Å². The minimum Gasteiger partial charge on any atom is -0.396 e. The molecular weight excluding hydrogens is 308 g/mol. The van der Waals surface area contributed by atoms with Crippen molar-refractivity contribution in [2.45, 2.75) is 32.6 Å². The van der Waals surface area contributed by atoms with E-state index in [1.807, 2.05) is 37.3 Å². The molecule has 0 saturated heterocycles. The number of rotatable bonds is 8. The van der Waals surface area contributed by atoms with Gasteiger partial charge in [0, 0.05) is 17.9 Å². The lowest BCUT2D eigenvalue weighted by Gasteiger charge is -2.12. The molecule has 25 heavy (non-hydrogen) atoms. The number of aliphatic hydroxyl groups excluding tert-OH is 1. The first-order chi connectivity index (χ1) is 12.1. The first kappa shape index (κ1) is 18.6. The first-order valence-corrected chi connectivity index (χ1v) is 8.49. The molecule has 0 aliphatic carbocycles. The second-order valence-electron chi connectivity index (χ2n) is 6.17. The van der Waals surface area contributed by atoms with Crippen LogP contribution in [0.3, 0.4) is 0 Å². The molecule has 0 atom stereocenters. The lowest BCUT2D eigenvalue weighted by atomic mass is 9.96. The second kappa shape index (κ2) is 8.96. The highest BCUT2D eigenvalue weighted by Gasteiger charge is 2.10. The van der Waals surface area contributed by atoms with Crippen LogP contribution in [-0.4, -0.2) is 16.7 Å². The van der Waals surface area contributed by atoms with Crippen LogP contribution in [0.15, 0.2) is 55.1 Å². The van der Waals surface area contributed by atoms with Gasteiger partial charge in [0.15, 0.2) is 0 Å². The lowest BCUT2D eigenvalue weighted by molar-refractivity contribution is 0.288. The molecule has 1 aromatic heterocycles. The molecule has 0 aliphatic rings. The Morgan fingerprint density at radius 3 is 2.56 bits per heavy atom. The monoisotopic (exact) mass is 332 g/mol. The Balaban J connectivity index is 2.13. The zero-order chi connectivity index (χ0) is 18.2. The summed E-state index contributed by atoms with van der Waals surface area (Å²) in [6.07, 6.45) is 3.32. The van der Waals surface area contributed by atoms with Gasteiger partial charge in [0.2, 0.25) is 0 Å². The summed E-state index contributed by atoms with van der Waals surface area (Å²) in [5, 5.41) is 18.1. The zero-order valence-electron chi connectivity index (χ0n) is 14.8. The van der Waals surface area contributed by atoms with E-state index in [4.69, 9.17) is 5.11 Å². The van der Waals surface area contributed by atoms with Crippen LogP contribution < -0.4 is 0 Å². The van der Waals surface area contributed by atoms with Gasteiger partial charge in [-0.1, -0.05) is 43.0 Å². The third-order valence-corrected chi connectivity index (χ3v) is 4.26. The number of hydrogen-bond acceptors (Lipinski definition) is 3. The van der Waals surface area contributed by atoms with Crippen molar-refractivity contribution in [2.75, 3.05) is 6.61 Å². The Labute approximate surface area is 150 Å². The number of benzene rings is 1. The summed E-state index contributed by atoms with van der Waals surface area (Å²) in [5.41, 5.74) is 6.42. The van der Waals surface area contributed by atoms with E-state index in [9.17, 15) is 5.26 Å². The summed E-state index contributed by atoms with van der Waals surface area (Å²) in [4.78, 5) is 4.68. The van der Waals surface area contributed by atoms with Crippen molar-refractivity contribution < 1.29 is 5.11 Å². The van der Waals surface area contributed by atoms with Crippen molar-refractivity contribution in [1.82, 2.24) is 4.98 Å². The quantitative estimate of drug-likeness (QED) is 0.688. The van der Waals surface area contributed by atoms with E-state index in [1.54, 1.807) is 6.07 Å². The Bertz CT molecular complexity index is 815. The van der Waals surface area contributed by atoms with Gasteiger partial charge in [0.1, 0.15) is 0 Å². The standard InChI is InChI=1S/C22H24N2O/c1-16(7-6-14-25)10-11-17(2)20-12-13-22(24-18(20)3)21-9-5-4-8-19(21)15-23/h4-5,8-9,12-13,25H,1-2,6-7,10-11,14H2,3H3. The van der Waals surface area contributed by atoms with E-state index in [0.717, 1.165) is 59.3 Å². The molecular formula is C22H24N2O. The van der Waals surface area contributed by atoms with Crippen molar-refractivity contribution >= 4 is 5.57 Å². The molecule has 3 nitrogen and oxygen atoms in total. The highest BCUT2D eigenvalue weighted by molar-refractivity contribution is 5.71. The van der Waals surface area contributed by atoms with E-state index in [2.05, 4.69) is 24.2 Å². The number of nitriles is 1. The second-order valence-corrected chi connectivity index (χ2v) is 6.17. The minimum atomic E-state index is 0.203. The Morgan fingerprint density at radius 2 is 1.88 bits per heavy atom. The normalized spacial score (nSPS) is 10.3. The summed E-state index contributed by atoms with van der Waals surface area (Å²) in [6.45, 7) is 10.4. The Kier molecular flexibility index (Phi) is 6.68. The van der Waals surface area contributed by atoms with Gasteiger partial charge in [-0.15, -0.1) is 0 Å². The van der Waals surface area contributed by atoms with Crippen LogP contribution in [-0.2, 0) is 0 Å². The molecule has 1 N–H and O–H groups in total. The van der Waals surface area contributed by atoms with E-state index >= 15 is 0 Å². The fourth-order valence-electron chi connectivity index (χ4n) is 2.81. The molecule has 0 spiro atoms. The van der Waals surface area contributed by atoms with Crippen molar-refractivity contribution in [3.63, 3.8) is 0 Å². The number of aromatic nitrogens is 1. The van der Waals surface area contributed by atoms with Crippen LogP contribution in [0.2, 0.25) is 0 Å². The number of aryl methyl sites for hydroxylation is 1. The molecule has 0 saturated carbocycles. The van der Waals surface area contributed by atoms with Gasteiger partial charge < -0.3 is 5.11 Å². The molecule has 0 fully saturated rings. The molecule has 3 heteroatoms. The van der Waals surface area contributed by atoms with Gasteiger partial charge in [0.25, 0.3) is 0 Å². The number of pyridine rings is 1. The van der Waals surface area contributed by atoms with Crippen LogP contribution in [0.5, 0.6) is 0 Å². The van der Waals surface area contributed by atoms with Crippen molar-refractivity contribution in [3.05, 3.63) is 72.0 Å².